The number of urea groups is 1. The van der Waals surface area contributed by atoms with Gasteiger partial charge in [-0.25, -0.2) is 4.79 Å². The molecule has 0 fully saturated rings. The summed E-state index contributed by atoms with van der Waals surface area (Å²) in [7, 11) is 1.38. The highest BCUT2D eigenvalue weighted by molar-refractivity contribution is 5.78. The Hall–Kier alpha value is -1.83. The molecule has 1 atom stereocenters. The summed E-state index contributed by atoms with van der Waals surface area (Å²) < 4.78 is 4.93. The van der Waals surface area contributed by atoms with Crippen molar-refractivity contribution in [2.45, 2.75) is 32.8 Å². The minimum Gasteiger partial charge on any atom is -0.481 e. The number of rotatable bonds is 10. The molecule has 0 radical (unpaired) electrons. The quantitative estimate of drug-likeness (QED) is 0.528. The van der Waals surface area contributed by atoms with Gasteiger partial charge in [0.05, 0.1) is 12.5 Å². The summed E-state index contributed by atoms with van der Waals surface area (Å²) in [6, 6.07) is -0.449. The molecule has 0 spiro atoms. The maximum atomic E-state index is 11.7. The number of carboxylic acids is 1. The summed E-state index contributed by atoms with van der Waals surface area (Å²) in [5.41, 5.74) is 0. The van der Waals surface area contributed by atoms with Crippen molar-refractivity contribution in [3.8, 4) is 0 Å². The van der Waals surface area contributed by atoms with Crippen molar-refractivity contribution in [2.24, 2.45) is 0 Å². The van der Waals surface area contributed by atoms with Gasteiger partial charge in [-0.3, -0.25) is 9.59 Å². The molecule has 0 rings (SSSR count). The Morgan fingerprint density at radius 2 is 1.81 bits per heavy atom. The van der Waals surface area contributed by atoms with Gasteiger partial charge in [-0.05, 0) is 13.8 Å². The maximum Gasteiger partial charge on any atom is 0.314 e. The number of nitrogens with one attached hydrogen (secondary N) is 2. The molecule has 8 nitrogen and oxygen atoms in total. The van der Waals surface area contributed by atoms with Crippen molar-refractivity contribution in [1.29, 1.82) is 0 Å². The summed E-state index contributed by atoms with van der Waals surface area (Å²) in [6.07, 6.45) is -0.527. The van der Waals surface area contributed by atoms with E-state index in [2.05, 4.69) is 10.6 Å². The third-order valence-corrected chi connectivity index (χ3v) is 2.97. The van der Waals surface area contributed by atoms with E-state index in [4.69, 9.17) is 9.84 Å². The standard InChI is InChI=1S/C13H25N3O5/c1-4-16(5-2)11(17)6-7-14-13(20)15-9-10(21-3)8-12(18)19/h10H,4-9H2,1-3H3,(H,18,19)(H2,14,15,20). The predicted molar refractivity (Wildman–Crippen MR) is 77.0 cm³/mol. The van der Waals surface area contributed by atoms with Gasteiger partial charge in [-0.15, -0.1) is 0 Å². The lowest BCUT2D eigenvalue weighted by molar-refractivity contribution is -0.139. The topological polar surface area (TPSA) is 108 Å². The van der Waals surface area contributed by atoms with Crippen molar-refractivity contribution in [2.75, 3.05) is 33.3 Å². The first kappa shape index (κ1) is 19.2. The van der Waals surface area contributed by atoms with Crippen LogP contribution in [0, 0.1) is 0 Å². The van der Waals surface area contributed by atoms with Crippen LogP contribution < -0.4 is 10.6 Å². The first-order valence-electron chi connectivity index (χ1n) is 6.98. The largest absolute Gasteiger partial charge is 0.481 e. The van der Waals surface area contributed by atoms with E-state index in [0.717, 1.165) is 0 Å². The lowest BCUT2D eigenvalue weighted by Gasteiger charge is -2.18. The van der Waals surface area contributed by atoms with Gasteiger partial charge in [0.25, 0.3) is 0 Å². The van der Waals surface area contributed by atoms with Gasteiger partial charge >= 0.3 is 12.0 Å². The number of carbonyl (C=O) groups excluding carboxylic acids is 2. The molecule has 21 heavy (non-hydrogen) atoms. The molecule has 0 saturated carbocycles. The van der Waals surface area contributed by atoms with Crippen LogP contribution in [0.5, 0.6) is 0 Å². The van der Waals surface area contributed by atoms with E-state index in [0.29, 0.717) is 13.1 Å². The normalized spacial score (nSPS) is 11.6. The minimum absolute atomic E-state index is 0.0130. The van der Waals surface area contributed by atoms with Crippen molar-refractivity contribution in [1.82, 2.24) is 15.5 Å². The van der Waals surface area contributed by atoms with Crippen molar-refractivity contribution in [3.63, 3.8) is 0 Å². The van der Waals surface area contributed by atoms with E-state index >= 15 is 0 Å². The molecule has 3 N–H and O–H groups in total. The molecule has 0 aliphatic heterocycles. The first-order valence-corrected chi connectivity index (χ1v) is 6.98. The van der Waals surface area contributed by atoms with Crippen LogP contribution in [0.1, 0.15) is 26.7 Å². The monoisotopic (exact) mass is 303 g/mol. The molecular weight excluding hydrogens is 278 g/mol. The van der Waals surface area contributed by atoms with Crippen LogP contribution in [0.15, 0.2) is 0 Å². The van der Waals surface area contributed by atoms with E-state index in [-0.39, 0.29) is 31.8 Å². The zero-order valence-corrected chi connectivity index (χ0v) is 12.8. The number of ether oxygens (including phenoxy) is 1. The number of amides is 3. The number of aliphatic carboxylic acids is 1. The Morgan fingerprint density at radius 3 is 2.29 bits per heavy atom. The number of nitrogens with zero attached hydrogens (tertiary/aromatic N) is 1. The van der Waals surface area contributed by atoms with Gasteiger partial charge in [0, 0.05) is 39.7 Å². The molecule has 8 heteroatoms. The highest BCUT2D eigenvalue weighted by Crippen LogP contribution is 1.95. The van der Waals surface area contributed by atoms with Crippen molar-refractivity contribution in [3.05, 3.63) is 0 Å². The van der Waals surface area contributed by atoms with Crippen LogP contribution in [-0.4, -0.2) is 67.3 Å². The van der Waals surface area contributed by atoms with Crippen LogP contribution in [0.25, 0.3) is 0 Å². The Bertz CT molecular complexity index is 345. The molecule has 0 bridgehead atoms. The summed E-state index contributed by atoms with van der Waals surface area (Å²) in [5, 5.41) is 13.7. The van der Waals surface area contributed by atoms with Gasteiger partial charge in [0.2, 0.25) is 5.91 Å². The second kappa shape index (κ2) is 10.9. The van der Waals surface area contributed by atoms with Crippen LogP contribution in [0.2, 0.25) is 0 Å². The lowest BCUT2D eigenvalue weighted by Crippen LogP contribution is -2.42. The van der Waals surface area contributed by atoms with E-state index in [1.54, 1.807) is 4.90 Å². The van der Waals surface area contributed by atoms with Crippen LogP contribution in [-0.2, 0) is 14.3 Å². The zero-order valence-electron chi connectivity index (χ0n) is 12.8. The molecule has 3 amide bonds. The maximum absolute atomic E-state index is 11.7. The van der Waals surface area contributed by atoms with E-state index in [1.807, 2.05) is 13.8 Å². The number of hydrogen-bond donors (Lipinski definition) is 3. The number of hydrogen-bond acceptors (Lipinski definition) is 4. The zero-order chi connectivity index (χ0) is 16.3. The Morgan fingerprint density at radius 1 is 1.19 bits per heavy atom. The number of carbonyl (C=O) groups is 3. The molecule has 0 aliphatic rings. The SMILES string of the molecule is CCN(CC)C(=O)CCNC(=O)NCC(CC(=O)O)OC. The highest BCUT2D eigenvalue weighted by atomic mass is 16.5. The van der Waals surface area contributed by atoms with E-state index in [1.165, 1.54) is 7.11 Å². The summed E-state index contributed by atoms with van der Waals surface area (Å²) in [4.78, 5) is 35.4. The van der Waals surface area contributed by atoms with E-state index < -0.39 is 18.1 Å². The van der Waals surface area contributed by atoms with Crippen molar-refractivity contribution < 1.29 is 24.2 Å². The molecule has 0 aliphatic carbocycles. The number of carboxylic acid groups (broad SMARTS) is 1. The van der Waals surface area contributed by atoms with Crippen LogP contribution in [0.4, 0.5) is 4.79 Å². The van der Waals surface area contributed by atoms with E-state index in [9.17, 15) is 14.4 Å². The molecule has 1 unspecified atom stereocenters. The third kappa shape index (κ3) is 8.85. The number of methoxy groups -OCH3 is 1. The molecule has 122 valence electrons. The fraction of sp³-hybridized carbons (Fsp3) is 0.769. The molecule has 0 heterocycles. The molecule has 0 saturated heterocycles. The molecule has 0 aromatic carbocycles. The fourth-order valence-corrected chi connectivity index (χ4v) is 1.72. The van der Waals surface area contributed by atoms with Gasteiger partial charge in [-0.2, -0.15) is 0 Å². The molecular formula is C13H25N3O5. The summed E-state index contributed by atoms with van der Waals surface area (Å²) >= 11 is 0. The lowest BCUT2D eigenvalue weighted by atomic mass is 10.2. The second-order valence-electron chi connectivity index (χ2n) is 4.41. The Labute approximate surface area is 124 Å². The van der Waals surface area contributed by atoms with Crippen LogP contribution >= 0.6 is 0 Å². The average Bonchev–Trinajstić information content (AvgIpc) is 2.44. The molecule has 0 aromatic heterocycles. The Balaban J connectivity index is 3.90. The Kier molecular flexibility index (Phi) is 9.95. The fourth-order valence-electron chi connectivity index (χ4n) is 1.72. The highest BCUT2D eigenvalue weighted by Gasteiger charge is 2.14. The minimum atomic E-state index is -0.992. The second-order valence-corrected chi connectivity index (χ2v) is 4.41. The third-order valence-electron chi connectivity index (χ3n) is 2.97. The van der Waals surface area contributed by atoms with Gasteiger partial charge < -0.3 is 25.4 Å². The smallest absolute Gasteiger partial charge is 0.314 e. The van der Waals surface area contributed by atoms with Crippen molar-refractivity contribution >= 4 is 17.9 Å². The summed E-state index contributed by atoms with van der Waals surface area (Å²) in [6.45, 7) is 5.42. The van der Waals surface area contributed by atoms with Gasteiger partial charge in [-0.1, -0.05) is 0 Å². The van der Waals surface area contributed by atoms with Gasteiger partial charge in [0.1, 0.15) is 0 Å². The summed E-state index contributed by atoms with van der Waals surface area (Å²) in [5.74, 6) is -1.00. The van der Waals surface area contributed by atoms with Gasteiger partial charge in [0.15, 0.2) is 0 Å². The average molecular weight is 303 g/mol. The van der Waals surface area contributed by atoms with Crippen LogP contribution in [0.3, 0.4) is 0 Å². The predicted octanol–water partition coefficient (Wildman–Crippen LogP) is 0.0338. The first-order chi connectivity index (χ1) is 9.94. The molecule has 0 aromatic rings.